The van der Waals surface area contributed by atoms with Crippen LogP contribution in [-0.4, -0.2) is 50.2 Å². The Morgan fingerprint density at radius 1 is 1.21 bits per heavy atom. The summed E-state index contributed by atoms with van der Waals surface area (Å²) in [7, 11) is 2.13. The highest BCUT2D eigenvalue weighted by molar-refractivity contribution is 14.0. The Balaban J connectivity index is 0.00000729. The highest BCUT2D eigenvalue weighted by atomic mass is 127. The summed E-state index contributed by atoms with van der Waals surface area (Å²) < 4.78 is 29.8. The van der Waals surface area contributed by atoms with E-state index in [-0.39, 0.29) is 36.3 Å². The van der Waals surface area contributed by atoms with Crippen molar-refractivity contribution in [3.63, 3.8) is 0 Å². The van der Waals surface area contributed by atoms with Crippen LogP contribution in [0.25, 0.3) is 0 Å². The molecule has 5 nitrogen and oxygen atoms in total. The van der Waals surface area contributed by atoms with E-state index in [0.29, 0.717) is 17.6 Å². The molecule has 0 saturated heterocycles. The fourth-order valence-corrected chi connectivity index (χ4v) is 2.50. The molecule has 8 heteroatoms. The van der Waals surface area contributed by atoms with Gasteiger partial charge in [-0.3, -0.25) is 0 Å². The van der Waals surface area contributed by atoms with Crippen molar-refractivity contribution in [2.45, 2.75) is 59.7 Å². The van der Waals surface area contributed by atoms with Crippen LogP contribution >= 0.6 is 24.0 Å². The lowest BCUT2D eigenvalue weighted by atomic mass is 10.1. The monoisotopic (exact) mass is 512 g/mol. The van der Waals surface area contributed by atoms with Crippen LogP contribution in [0.15, 0.2) is 23.2 Å². The molecule has 0 atom stereocenters. The summed E-state index contributed by atoms with van der Waals surface area (Å²) >= 11 is 0. The SMILES string of the molecule is CCNC(=NCc1cc(C)ccc1OC(F)F)NCCCCN(C)C(C)C.I. The van der Waals surface area contributed by atoms with Gasteiger partial charge in [-0.2, -0.15) is 8.78 Å². The van der Waals surface area contributed by atoms with Gasteiger partial charge >= 0.3 is 6.61 Å². The van der Waals surface area contributed by atoms with Gasteiger partial charge in [0.05, 0.1) is 6.54 Å². The second kappa shape index (κ2) is 14.8. The fourth-order valence-electron chi connectivity index (χ4n) is 2.50. The van der Waals surface area contributed by atoms with Gasteiger partial charge in [0, 0.05) is 24.7 Å². The number of nitrogens with zero attached hydrogens (tertiary/aromatic N) is 2. The zero-order chi connectivity index (χ0) is 20.2. The molecule has 0 unspecified atom stereocenters. The molecule has 0 amide bonds. The van der Waals surface area contributed by atoms with Gasteiger partial charge in [-0.05, 0) is 60.2 Å². The number of alkyl halides is 2. The van der Waals surface area contributed by atoms with E-state index in [0.717, 1.165) is 38.0 Å². The van der Waals surface area contributed by atoms with Crippen LogP contribution in [0.1, 0.15) is 44.7 Å². The van der Waals surface area contributed by atoms with Crippen molar-refractivity contribution in [3.05, 3.63) is 29.3 Å². The van der Waals surface area contributed by atoms with E-state index in [4.69, 9.17) is 0 Å². The van der Waals surface area contributed by atoms with Gasteiger partial charge in [0.2, 0.25) is 0 Å². The maximum Gasteiger partial charge on any atom is 0.387 e. The number of unbranched alkanes of at least 4 members (excludes halogenated alkanes) is 1. The lowest BCUT2D eigenvalue weighted by Gasteiger charge is -2.20. The van der Waals surface area contributed by atoms with E-state index in [9.17, 15) is 8.78 Å². The van der Waals surface area contributed by atoms with Gasteiger partial charge in [-0.15, -0.1) is 24.0 Å². The maximum atomic E-state index is 12.6. The lowest BCUT2D eigenvalue weighted by molar-refractivity contribution is -0.0504. The van der Waals surface area contributed by atoms with E-state index in [1.807, 2.05) is 19.9 Å². The standard InChI is InChI=1S/C20H34F2N4O.HI/c1-6-23-20(24-11-7-8-12-26(5)15(2)3)25-14-17-13-16(4)9-10-18(17)27-19(21)22;/h9-10,13,15,19H,6-8,11-12,14H2,1-5H3,(H2,23,24,25);1H. The molecule has 0 spiro atoms. The van der Waals surface area contributed by atoms with Crippen molar-refractivity contribution >= 4 is 29.9 Å². The number of aliphatic imine (C=N–C) groups is 1. The molecule has 0 saturated carbocycles. The molecule has 0 aromatic heterocycles. The maximum absolute atomic E-state index is 12.6. The second-order valence-electron chi connectivity index (χ2n) is 6.89. The third kappa shape index (κ3) is 11.0. The molecular formula is C20H35F2IN4O. The van der Waals surface area contributed by atoms with Crippen LogP contribution < -0.4 is 15.4 Å². The summed E-state index contributed by atoms with van der Waals surface area (Å²) in [5.74, 6) is 0.853. The zero-order valence-corrected chi connectivity index (χ0v) is 19.9. The number of aryl methyl sites for hydroxylation is 1. The topological polar surface area (TPSA) is 48.9 Å². The molecule has 0 bridgehead atoms. The predicted molar refractivity (Wildman–Crippen MR) is 123 cm³/mol. The average Bonchev–Trinajstić information content (AvgIpc) is 2.60. The smallest absolute Gasteiger partial charge is 0.387 e. The van der Waals surface area contributed by atoms with Crippen LogP contribution in [0.4, 0.5) is 8.78 Å². The first-order valence-electron chi connectivity index (χ1n) is 9.60. The number of nitrogens with one attached hydrogen (secondary N) is 2. The normalized spacial score (nSPS) is 11.7. The van der Waals surface area contributed by atoms with Crippen molar-refractivity contribution in [1.29, 1.82) is 0 Å². The van der Waals surface area contributed by atoms with Gasteiger partial charge in [-0.1, -0.05) is 17.7 Å². The number of guanidine groups is 1. The Labute approximate surface area is 185 Å². The zero-order valence-electron chi connectivity index (χ0n) is 17.6. The minimum atomic E-state index is -2.84. The first kappa shape index (κ1) is 26.8. The highest BCUT2D eigenvalue weighted by Gasteiger charge is 2.10. The van der Waals surface area contributed by atoms with E-state index in [2.05, 4.69) is 46.2 Å². The molecule has 0 radical (unpaired) electrons. The van der Waals surface area contributed by atoms with E-state index in [1.165, 1.54) is 0 Å². The fraction of sp³-hybridized carbons (Fsp3) is 0.650. The molecular weight excluding hydrogens is 477 g/mol. The Hall–Kier alpha value is -1.16. The quantitative estimate of drug-likeness (QED) is 0.200. The summed E-state index contributed by atoms with van der Waals surface area (Å²) in [4.78, 5) is 6.83. The predicted octanol–water partition coefficient (Wildman–Crippen LogP) is 4.39. The molecule has 1 rings (SSSR count). The molecule has 0 aliphatic rings. The molecule has 0 fully saturated rings. The van der Waals surface area contributed by atoms with Gasteiger partial charge in [0.1, 0.15) is 5.75 Å². The summed E-state index contributed by atoms with van der Waals surface area (Å²) in [5, 5.41) is 6.49. The van der Waals surface area contributed by atoms with Gasteiger partial charge in [0.15, 0.2) is 5.96 Å². The second-order valence-corrected chi connectivity index (χ2v) is 6.89. The minimum Gasteiger partial charge on any atom is -0.434 e. The summed E-state index contributed by atoms with van der Waals surface area (Å²) in [5.41, 5.74) is 1.63. The van der Waals surface area contributed by atoms with Crippen LogP contribution in [0.3, 0.4) is 0 Å². The number of hydrogen-bond acceptors (Lipinski definition) is 3. The molecule has 28 heavy (non-hydrogen) atoms. The Morgan fingerprint density at radius 3 is 2.54 bits per heavy atom. The third-order valence-corrected chi connectivity index (χ3v) is 4.30. The number of benzene rings is 1. The number of halogens is 3. The van der Waals surface area contributed by atoms with Crippen LogP contribution in [0.5, 0.6) is 5.75 Å². The Morgan fingerprint density at radius 2 is 1.93 bits per heavy atom. The largest absolute Gasteiger partial charge is 0.434 e. The summed E-state index contributed by atoms with van der Waals surface area (Å²) in [6.45, 7) is 8.31. The molecule has 162 valence electrons. The first-order chi connectivity index (χ1) is 12.8. The van der Waals surface area contributed by atoms with Crippen molar-refractivity contribution in [1.82, 2.24) is 15.5 Å². The van der Waals surface area contributed by atoms with Crippen LogP contribution in [0.2, 0.25) is 0 Å². The van der Waals surface area contributed by atoms with Gasteiger partial charge in [-0.25, -0.2) is 4.99 Å². The van der Waals surface area contributed by atoms with Crippen molar-refractivity contribution in [2.75, 3.05) is 26.7 Å². The third-order valence-electron chi connectivity index (χ3n) is 4.30. The van der Waals surface area contributed by atoms with Crippen LogP contribution in [-0.2, 0) is 6.54 Å². The number of ether oxygens (including phenoxy) is 1. The van der Waals surface area contributed by atoms with Crippen LogP contribution in [0, 0.1) is 6.92 Å². The molecule has 0 heterocycles. The van der Waals surface area contributed by atoms with Crippen molar-refractivity contribution in [2.24, 2.45) is 4.99 Å². The Bertz CT molecular complexity index is 585. The number of hydrogen-bond donors (Lipinski definition) is 2. The van der Waals surface area contributed by atoms with E-state index >= 15 is 0 Å². The molecule has 2 N–H and O–H groups in total. The Kier molecular flexibility index (Phi) is 14.2. The van der Waals surface area contributed by atoms with Crippen molar-refractivity contribution < 1.29 is 13.5 Å². The molecule has 1 aromatic carbocycles. The summed E-state index contributed by atoms with van der Waals surface area (Å²) in [6.07, 6.45) is 2.14. The molecule has 0 aliphatic heterocycles. The van der Waals surface area contributed by atoms with E-state index < -0.39 is 6.61 Å². The van der Waals surface area contributed by atoms with Crippen molar-refractivity contribution in [3.8, 4) is 5.75 Å². The highest BCUT2D eigenvalue weighted by Crippen LogP contribution is 2.22. The average molecular weight is 512 g/mol. The van der Waals surface area contributed by atoms with Gasteiger partial charge < -0.3 is 20.3 Å². The minimum absolute atomic E-state index is 0. The van der Waals surface area contributed by atoms with E-state index in [1.54, 1.807) is 12.1 Å². The van der Waals surface area contributed by atoms with Gasteiger partial charge in [0.25, 0.3) is 0 Å². The lowest BCUT2D eigenvalue weighted by Crippen LogP contribution is -2.38. The number of rotatable bonds is 11. The first-order valence-corrected chi connectivity index (χ1v) is 9.60. The summed E-state index contributed by atoms with van der Waals surface area (Å²) in [6, 6.07) is 5.70. The molecule has 1 aromatic rings. The molecule has 0 aliphatic carbocycles.